The molecule has 2 unspecified atom stereocenters. The third kappa shape index (κ3) is 55.5. The predicted octanol–water partition coefficient (Wildman–Crippen LogP) is 19.4. The maximum Gasteiger partial charge on any atom is 0.305 e. The molecule has 2 atom stereocenters. The van der Waals surface area contributed by atoms with Crippen molar-refractivity contribution in [3.05, 3.63) is 24.3 Å². The van der Waals surface area contributed by atoms with E-state index in [9.17, 15) is 19.8 Å². The Balaban J connectivity index is 3.45. The molecule has 0 aromatic heterocycles. The van der Waals surface area contributed by atoms with Crippen molar-refractivity contribution in [3.8, 4) is 0 Å². The minimum atomic E-state index is -0.674. The van der Waals surface area contributed by atoms with Crippen LogP contribution in [0.25, 0.3) is 0 Å². The number of aliphatic hydroxyl groups excluding tert-OH is 2. The second-order valence-corrected chi connectivity index (χ2v) is 21.4. The Hall–Kier alpha value is -1.66. The van der Waals surface area contributed by atoms with Gasteiger partial charge in [-0.3, -0.25) is 9.59 Å². The average molecular weight is 973 g/mol. The summed E-state index contributed by atoms with van der Waals surface area (Å²) in [6.45, 7) is 4.94. The van der Waals surface area contributed by atoms with E-state index < -0.39 is 12.1 Å². The highest BCUT2D eigenvalue weighted by molar-refractivity contribution is 5.76. The summed E-state index contributed by atoms with van der Waals surface area (Å²) in [5.74, 6) is -0.0520. The first-order valence-corrected chi connectivity index (χ1v) is 31.1. The highest BCUT2D eigenvalue weighted by atomic mass is 16.5. The number of esters is 1. The Morgan fingerprint density at radius 3 is 1.04 bits per heavy atom. The standard InChI is InChI=1S/C63H121NO5/c1-3-5-7-9-11-13-15-17-18-19-20-21-22-25-28-32-35-39-43-47-51-55-61(66)60(59-65)64-62(67)56-52-48-44-40-36-33-29-26-23-24-27-30-34-38-42-46-50-54-58-69-63(68)57-53-49-45-41-37-31-16-14-12-10-8-6-4-2/h14,16,26,29,60-61,65-66H,3-13,15,17-25,27-28,30-59H2,1-2H3,(H,64,67)/b16-14-,29-26-. The topological polar surface area (TPSA) is 95.9 Å². The first-order chi connectivity index (χ1) is 34.0. The van der Waals surface area contributed by atoms with Gasteiger partial charge in [-0.25, -0.2) is 0 Å². The van der Waals surface area contributed by atoms with E-state index in [2.05, 4.69) is 43.5 Å². The lowest BCUT2D eigenvalue weighted by Crippen LogP contribution is -2.45. The molecule has 6 heteroatoms. The van der Waals surface area contributed by atoms with E-state index in [4.69, 9.17) is 4.74 Å². The lowest BCUT2D eigenvalue weighted by atomic mass is 10.0. The molecule has 408 valence electrons. The van der Waals surface area contributed by atoms with Gasteiger partial charge in [-0.05, 0) is 77.0 Å². The smallest absolute Gasteiger partial charge is 0.305 e. The molecule has 0 saturated carbocycles. The van der Waals surface area contributed by atoms with Gasteiger partial charge in [0.1, 0.15) is 0 Å². The van der Waals surface area contributed by atoms with Crippen LogP contribution in [0.15, 0.2) is 24.3 Å². The highest BCUT2D eigenvalue weighted by Crippen LogP contribution is 2.18. The van der Waals surface area contributed by atoms with E-state index in [1.807, 2.05) is 0 Å². The summed E-state index contributed by atoms with van der Waals surface area (Å²) >= 11 is 0. The van der Waals surface area contributed by atoms with Gasteiger partial charge in [0.2, 0.25) is 5.91 Å². The summed E-state index contributed by atoms with van der Waals surface area (Å²) in [7, 11) is 0. The van der Waals surface area contributed by atoms with E-state index in [1.54, 1.807) is 0 Å². The molecular weight excluding hydrogens is 851 g/mol. The molecule has 0 rings (SSSR count). The van der Waals surface area contributed by atoms with Gasteiger partial charge in [-0.15, -0.1) is 0 Å². The third-order valence-corrected chi connectivity index (χ3v) is 14.5. The molecule has 69 heavy (non-hydrogen) atoms. The number of amides is 1. The Labute approximate surface area is 431 Å². The number of hydrogen-bond acceptors (Lipinski definition) is 5. The van der Waals surface area contributed by atoms with Gasteiger partial charge in [0.25, 0.3) is 0 Å². The van der Waals surface area contributed by atoms with Gasteiger partial charge >= 0.3 is 5.97 Å². The maximum atomic E-state index is 12.5. The minimum absolute atomic E-state index is 0.00570. The molecular formula is C63H121NO5. The Morgan fingerprint density at radius 1 is 0.391 bits per heavy atom. The summed E-state index contributed by atoms with van der Waals surface area (Å²) in [4.78, 5) is 24.5. The fraction of sp³-hybridized carbons (Fsp3) is 0.905. The third-order valence-electron chi connectivity index (χ3n) is 14.5. The summed E-state index contributed by atoms with van der Waals surface area (Å²) in [5.41, 5.74) is 0. The van der Waals surface area contributed by atoms with Crippen LogP contribution < -0.4 is 5.32 Å². The van der Waals surface area contributed by atoms with Crippen LogP contribution in [-0.2, 0) is 14.3 Å². The molecule has 0 aromatic rings. The van der Waals surface area contributed by atoms with E-state index in [1.165, 1.54) is 250 Å². The zero-order chi connectivity index (χ0) is 50.0. The fourth-order valence-electron chi connectivity index (χ4n) is 9.69. The first-order valence-electron chi connectivity index (χ1n) is 31.1. The second-order valence-electron chi connectivity index (χ2n) is 21.4. The number of ether oxygens (including phenoxy) is 1. The van der Waals surface area contributed by atoms with Gasteiger partial charge < -0.3 is 20.3 Å². The number of unbranched alkanes of at least 4 members (excludes halogenated alkanes) is 43. The van der Waals surface area contributed by atoms with Crippen LogP contribution in [0.5, 0.6) is 0 Å². The first kappa shape index (κ1) is 67.3. The Morgan fingerprint density at radius 2 is 0.681 bits per heavy atom. The van der Waals surface area contributed by atoms with E-state index >= 15 is 0 Å². The van der Waals surface area contributed by atoms with Gasteiger partial charge in [0, 0.05) is 12.8 Å². The zero-order valence-electron chi connectivity index (χ0n) is 46.6. The van der Waals surface area contributed by atoms with Gasteiger partial charge in [0.05, 0.1) is 25.4 Å². The van der Waals surface area contributed by atoms with Crippen molar-refractivity contribution in [2.75, 3.05) is 13.2 Å². The van der Waals surface area contributed by atoms with Crippen LogP contribution in [0.4, 0.5) is 0 Å². The summed E-state index contributed by atoms with van der Waals surface area (Å²) in [5, 5.41) is 23.4. The molecule has 0 aliphatic carbocycles. The predicted molar refractivity (Wildman–Crippen MR) is 301 cm³/mol. The van der Waals surface area contributed by atoms with Crippen molar-refractivity contribution in [2.24, 2.45) is 0 Å². The molecule has 3 N–H and O–H groups in total. The molecule has 0 aliphatic rings. The largest absolute Gasteiger partial charge is 0.466 e. The summed E-state index contributed by atoms with van der Waals surface area (Å²) in [6, 6.07) is -0.552. The number of carbonyl (C=O) groups excluding carboxylic acids is 2. The van der Waals surface area contributed by atoms with Crippen molar-refractivity contribution < 1.29 is 24.5 Å². The molecule has 0 heterocycles. The molecule has 0 spiro atoms. The van der Waals surface area contributed by atoms with Gasteiger partial charge in [-0.2, -0.15) is 0 Å². The van der Waals surface area contributed by atoms with Gasteiger partial charge in [0.15, 0.2) is 0 Å². The molecule has 0 bridgehead atoms. The van der Waals surface area contributed by atoms with Gasteiger partial charge in [-0.1, -0.05) is 276 Å². The quantitative estimate of drug-likeness (QED) is 0.0321. The molecule has 0 radical (unpaired) electrons. The zero-order valence-corrected chi connectivity index (χ0v) is 46.6. The van der Waals surface area contributed by atoms with E-state index in [-0.39, 0.29) is 18.5 Å². The number of aliphatic hydroxyl groups is 2. The highest BCUT2D eigenvalue weighted by Gasteiger charge is 2.20. The van der Waals surface area contributed by atoms with Crippen molar-refractivity contribution in [1.82, 2.24) is 5.32 Å². The monoisotopic (exact) mass is 972 g/mol. The molecule has 0 saturated heterocycles. The lowest BCUT2D eigenvalue weighted by molar-refractivity contribution is -0.143. The number of hydrogen-bond donors (Lipinski definition) is 3. The van der Waals surface area contributed by atoms with Crippen molar-refractivity contribution in [1.29, 1.82) is 0 Å². The van der Waals surface area contributed by atoms with Crippen LogP contribution in [0, 0.1) is 0 Å². The summed E-state index contributed by atoms with van der Waals surface area (Å²) < 4.78 is 5.46. The van der Waals surface area contributed by atoms with Crippen molar-refractivity contribution in [3.63, 3.8) is 0 Å². The van der Waals surface area contributed by atoms with Crippen LogP contribution >= 0.6 is 0 Å². The Kier molecular flexibility index (Phi) is 57.5. The summed E-state index contributed by atoms with van der Waals surface area (Å²) in [6.07, 6.45) is 71.8. The van der Waals surface area contributed by atoms with E-state index in [0.29, 0.717) is 25.9 Å². The van der Waals surface area contributed by atoms with Crippen molar-refractivity contribution >= 4 is 11.9 Å². The van der Waals surface area contributed by atoms with Crippen LogP contribution in [0.3, 0.4) is 0 Å². The number of allylic oxidation sites excluding steroid dienone is 4. The molecule has 6 nitrogen and oxygen atoms in total. The molecule has 0 aromatic carbocycles. The van der Waals surface area contributed by atoms with Crippen LogP contribution in [0.2, 0.25) is 0 Å². The van der Waals surface area contributed by atoms with Crippen LogP contribution in [0.1, 0.15) is 341 Å². The molecule has 1 amide bonds. The Bertz CT molecular complexity index is 1080. The van der Waals surface area contributed by atoms with Crippen LogP contribution in [-0.4, -0.2) is 47.4 Å². The lowest BCUT2D eigenvalue weighted by Gasteiger charge is -2.22. The molecule has 0 fully saturated rings. The van der Waals surface area contributed by atoms with Crippen molar-refractivity contribution in [2.45, 2.75) is 353 Å². The molecule has 0 aliphatic heterocycles. The second kappa shape index (κ2) is 58.9. The minimum Gasteiger partial charge on any atom is -0.466 e. The van der Waals surface area contributed by atoms with E-state index in [0.717, 1.165) is 57.8 Å². The fourth-order valence-corrected chi connectivity index (χ4v) is 9.69. The number of rotatable bonds is 58. The SMILES string of the molecule is CCCCCC/C=C\CCCCCCCC(=O)OCCCCCCCCCCC/C=C\CCCCCCCC(=O)NC(CO)C(O)CCCCCCCCCCCCCCCCCCCCCCC. The number of nitrogens with one attached hydrogen (secondary N) is 1. The normalized spacial score (nSPS) is 12.7. The maximum absolute atomic E-state index is 12.5. The number of carbonyl (C=O) groups is 2. The average Bonchev–Trinajstić information content (AvgIpc) is 3.35.